The number of aliphatic carboxylic acids is 1. The van der Waals surface area contributed by atoms with E-state index < -0.39 is 11.9 Å². The maximum Gasteiger partial charge on any atom is 0.307 e. The van der Waals surface area contributed by atoms with E-state index in [1.165, 1.54) is 0 Å². The van der Waals surface area contributed by atoms with Crippen molar-refractivity contribution in [1.29, 1.82) is 0 Å². The first-order valence-electron chi connectivity index (χ1n) is 4.96. The highest BCUT2D eigenvalue weighted by Crippen LogP contribution is 2.32. The minimum absolute atomic E-state index is 0.0721. The van der Waals surface area contributed by atoms with Crippen LogP contribution >= 0.6 is 0 Å². The van der Waals surface area contributed by atoms with Crippen LogP contribution in [-0.2, 0) is 9.59 Å². The molecule has 0 heterocycles. The molecule has 1 saturated carbocycles. The van der Waals surface area contributed by atoms with Crippen molar-refractivity contribution < 1.29 is 14.7 Å². The van der Waals surface area contributed by atoms with Gasteiger partial charge in [0.1, 0.15) is 0 Å². The van der Waals surface area contributed by atoms with Crippen LogP contribution in [0, 0.1) is 11.8 Å². The van der Waals surface area contributed by atoms with Crippen LogP contribution in [0.15, 0.2) is 12.2 Å². The molecule has 1 fully saturated rings. The average Bonchev–Trinajstić information content (AvgIpc) is 2.16. The monoisotopic (exact) mass is 196 g/mol. The van der Waals surface area contributed by atoms with Gasteiger partial charge in [-0.25, -0.2) is 0 Å². The Hall–Kier alpha value is -1.12. The van der Waals surface area contributed by atoms with E-state index in [9.17, 15) is 9.59 Å². The van der Waals surface area contributed by atoms with E-state index in [0.717, 1.165) is 12.8 Å². The Kier molecular flexibility index (Phi) is 3.44. The van der Waals surface area contributed by atoms with Gasteiger partial charge in [-0.05, 0) is 25.3 Å². The van der Waals surface area contributed by atoms with Gasteiger partial charge in [-0.1, -0.05) is 19.4 Å². The number of carboxylic acids is 1. The molecule has 0 aromatic rings. The maximum atomic E-state index is 11.6. The first kappa shape index (κ1) is 11.0. The van der Waals surface area contributed by atoms with Gasteiger partial charge in [0.15, 0.2) is 5.78 Å². The molecule has 78 valence electrons. The summed E-state index contributed by atoms with van der Waals surface area (Å²) in [6.07, 6.45) is 3.19. The van der Waals surface area contributed by atoms with Crippen molar-refractivity contribution in [1.82, 2.24) is 0 Å². The number of Topliss-reactive ketones (excluding diaryl/α,β-unsaturated/α-hetero) is 1. The summed E-state index contributed by atoms with van der Waals surface area (Å²) < 4.78 is 0. The van der Waals surface area contributed by atoms with Crippen LogP contribution in [-0.4, -0.2) is 16.9 Å². The standard InChI is InChI=1S/C11H16O3/c1-7(2)10(12)8-5-3-4-6-9(8)11(13)14/h8-9H,1,3-6H2,2H3,(H,13,14)/t8-,9-/m0/s1. The normalized spacial score (nSPS) is 26.9. The molecule has 0 unspecified atom stereocenters. The van der Waals surface area contributed by atoms with E-state index in [1.54, 1.807) is 6.92 Å². The van der Waals surface area contributed by atoms with Gasteiger partial charge in [0.25, 0.3) is 0 Å². The van der Waals surface area contributed by atoms with Gasteiger partial charge >= 0.3 is 5.97 Å². The number of allylic oxidation sites excluding steroid dienone is 1. The fraction of sp³-hybridized carbons (Fsp3) is 0.636. The summed E-state index contributed by atoms with van der Waals surface area (Å²) in [5.41, 5.74) is 0.475. The van der Waals surface area contributed by atoms with Crippen molar-refractivity contribution in [3.63, 3.8) is 0 Å². The molecule has 0 bridgehead atoms. The molecule has 0 saturated heterocycles. The predicted molar refractivity (Wildman–Crippen MR) is 52.9 cm³/mol. The Labute approximate surface area is 83.8 Å². The van der Waals surface area contributed by atoms with Crippen LogP contribution in [0.2, 0.25) is 0 Å². The fourth-order valence-corrected chi connectivity index (χ4v) is 2.06. The van der Waals surface area contributed by atoms with E-state index in [4.69, 9.17) is 5.11 Å². The SMILES string of the molecule is C=C(C)C(=O)[C@H]1CCCC[C@@H]1C(=O)O. The van der Waals surface area contributed by atoms with E-state index in [0.29, 0.717) is 18.4 Å². The molecule has 3 heteroatoms. The van der Waals surface area contributed by atoms with Crippen LogP contribution in [0.1, 0.15) is 32.6 Å². The summed E-state index contributed by atoms with van der Waals surface area (Å²) in [7, 11) is 0. The first-order chi connectivity index (χ1) is 6.54. The minimum Gasteiger partial charge on any atom is -0.481 e. The Morgan fingerprint density at radius 1 is 1.21 bits per heavy atom. The summed E-state index contributed by atoms with van der Waals surface area (Å²) in [6.45, 7) is 5.23. The van der Waals surface area contributed by atoms with Gasteiger partial charge in [0, 0.05) is 5.92 Å². The van der Waals surface area contributed by atoms with Crippen LogP contribution in [0.4, 0.5) is 0 Å². The molecule has 1 aliphatic rings. The van der Waals surface area contributed by atoms with Crippen LogP contribution in [0.5, 0.6) is 0 Å². The van der Waals surface area contributed by atoms with Gasteiger partial charge in [0.05, 0.1) is 5.92 Å². The number of carboxylic acid groups (broad SMARTS) is 1. The lowest BCUT2D eigenvalue weighted by Gasteiger charge is -2.27. The fourth-order valence-electron chi connectivity index (χ4n) is 2.06. The zero-order valence-electron chi connectivity index (χ0n) is 8.45. The molecule has 0 aromatic heterocycles. The number of hydrogen-bond acceptors (Lipinski definition) is 2. The molecular weight excluding hydrogens is 180 g/mol. The first-order valence-corrected chi connectivity index (χ1v) is 4.96. The number of hydrogen-bond donors (Lipinski definition) is 1. The summed E-state index contributed by atoms with van der Waals surface area (Å²) >= 11 is 0. The molecule has 3 nitrogen and oxygen atoms in total. The van der Waals surface area contributed by atoms with Crippen molar-refractivity contribution in [2.24, 2.45) is 11.8 Å². The highest BCUT2D eigenvalue weighted by Gasteiger charge is 2.35. The molecule has 14 heavy (non-hydrogen) atoms. The third kappa shape index (κ3) is 2.22. The highest BCUT2D eigenvalue weighted by atomic mass is 16.4. The van der Waals surface area contributed by atoms with Gasteiger partial charge in [-0.3, -0.25) is 9.59 Å². The van der Waals surface area contributed by atoms with Crippen molar-refractivity contribution in [2.75, 3.05) is 0 Å². The molecule has 1 rings (SSSR count). The molecular formula is C11H16O3. The van der Waals surface area contributed by atoms with Crippen molar-refractivity contribution in [3.8, 4) is 0 Å². The van der Waals surface area contributed by atoms with E-state index in [1.807, 2.05) is 0 Å². The van der Waals surface area contributed by atoms with Gasteiger partial charge < -0.3 is 5.11 Å². The smallest absolute Gasteiger partial charge is 0.307 e. The molecule has 0 spiro atoms. The van der Waals surface area contributed by atoms with E-state index in [2.05, 4.69) is 6.58 Å². The maximum absolute atomic E-state index is 11.6. The Bertz CT molecular complexity index is 268. The largest absolute Gasteiger partial charge is 0.481 e. The average molecular weight is 196 g/mol. The van der Waals surface area contributed by atoms with Gasteiger partial charge in [-0.2, -0.15) is 0 Å². The molecule has 0 amide bonds. The van der Waals surface area contributed by atoms with Gasteiger partial charge in [0.2, 0.25) is 0 Å². The van der Waals surface area contributed by atoms with Gasteiger partial charge in [-0.15, -0.1) is 0 Å². The number of rotatable bonds is 3. The molecule has 0 radical (unpaired) electrons. The zero-order valence-corrected chi connectivity index (χ0v) is 8.45. The third-order valence-corrected chi connectivity index (χ3v) is 2.84. The van der Waals surface area contributed by atoms with Crippen LogP contribution in [0.3, 0.4) is 0 Å². The summed E-state index contributed by atoms with van der Waals surface area (Å²) in [6, 6.07) is 0. The topological polar surface area (TPSA) is 54.4 Å². The second-order valence-corrected chi connectivity index (χ2v) is 3.98. The lowest BCUT2D eigenvalue weighted by atomic mass is 9.76. The molecule has 0 aliphatic heterocycles. The predicted octanol–water partition coefficient (Wildman–Crippen LogP) is 2.02. The van der Waals surface area contributed by atoms with Crippen molar-refractivity contribution in [2.45, 2.75) is 32.6 Å². The van der Waals surface area contributed by atoms with Crippen LogP contribution in [0.25, 0.3) is 0 Å². The van der Waals surface area contributed by atoms with Crippen molar-refractivity contribution >= 4 is 11.8 Å². The Balaban J connectivity index is 2.77. The van der Waals surface area contributed by atoms with Crippen LogP contribution < -0.4 is 0 Å². The quantitative estimate of drug-likeness (QED) is 0.702. The summed E-state index contributed by atoms with van der Waals surface area (Å²) in [5, 5.41) is 8.96. The third-order valence-electron chi connectivity index (χ3n) is 2.84. The number of carbonyl (C=O) groups excluding carboxylic acids is 1. The summed E-state index contributed by atoms with van der Waals surface area (Å²) in [4.78, 5) is 22.6. The minimum atomic E-state index is -0.843. The number of carbonyl (C=O) groups is 2. The van der Waals surface area contributed by atoms with Crippen molar-refractivity contribution in [3.05, 3.63) is 12.2 Å². The lowest BCUT2D eigenvalue weighted by molar-refractivity contribution is -0.147. The molecule has 2 atom stereocenters. The molecule has 1 N–H and O–H groups in total. The zero-order chi connectivity index (χ0) is 10.7. The molecule has 0 aromatic carbocycles. The highest BCUT2D eigenvalue weighted by molar-refractivity contribution is 5.98. The second-order valence-electron chi connectivity index (χ2n) is 3.98. The van der Waals surface area contributed by atoms with E-state index in [-0.39, 0.29) is 11.7 Å². The second kappa shape index (κ2) is 4.40. The van der Waals surface area contributed by atoms with E-state index >= 15 is 0 Å². The number of ketones is 1. The Morgan fingerprint density at radius 2 is 1.71 bits per heavy atom. The lowest BCUT2D eigenvalue weighted by Crippen LogP contribution is -2.32. The molecule has 1 aliphatic carbocycles. The summed E-state index contributed by atoms with van der Waals surface area (Å²) in [5.74, 6) is -1.74. The Morgan fingerprint density at radius 3 is 2.14 bits per heavy atom.